The molecule has 0 aliphatic heterocycles. The Morgan fingerprint density at radius 2 is 2.05 bits per heavy atom. The maximum absolute atomic E-state index is 11.3. The van der Waals surface area contributed by atoms with Gasteiger partial charge >= 0.3 is 5.97 Å². The number of aromatic carboxylic acids is 1. The van der Waals surface area contributed by atoms with E-state index in [9.17, 15) is 9.90 Å². The summed E-state index contributed by atoms with van der Waals surface area (Å²) < 4.78 is 1.66. The fourth-order valence-electron chi connectivity index (χ4n) is 2.20. The second-order valence-corrected chi connectivity index (χ2v) is 5.42. The number of benzene rings is 1. The first kappa shape index (κ1) is 14.2. The summed E-state index contributed by atoms with van der Waals surface area (Å²) in [5.41, 5.74) is 3.81. The molecule has 5 nitrogen and oxygen atoms in total. The Morgan fingerprint density at radius 1 is 1.35 bits per heavy atom. The summed E-state index contributed by atoms with van der Waals surface area (Å²) in [5, 5.41) is 17.1. The summed E-state index contributed by atoms with van der Waals surface area (Å²) >= 11 is 0. The highest BCUT2D eigenvalue weighted by Gasteiger charge is 2.21. The summed E-state index contributed by atoms with van der Waals surface area (Å²) in [6, 6.07) is 5.90. The Kier molecular flexibility index (Phi) is 3.88. The number of carbonyl (C=O) groups is 1. The van der Waals surface area contributed by atoms with E-state index >= 15 is 0 Å². The predicted octanol–water partition coefficient (Wildman–Crippen LogP) is 2.78. The fraction of sp³-hybridized carbons (Fsp3) is 0.400. The number of aryl methyl sites for hydroxylation is 1. The standard InChI is InChI=1S/C15H19N3O2/c1-9(2)8-13-14(15(19)20)16-17-18(13)12-7-5-6-10(3)11(12)4/h5-7,9H,8H2,1-4H3,(H,19,20). The molecule has 0 radical (unpaired) electrons. The molecule has 1 aromatic carbocycles. The second kappa shape index (κ2) is 5.45. The van der Waals surface area contributed by atoms with Crippen molar-refractivity contribution >= 4 is 5.97 Å². The number of nitrogens with zero attached hydrogens (tertiary/aromatic N) is 3. The third-order valence-corrected chi connectivity index (χ3v) is 3.37. The van der Waals surface area contributed by atoms with Gasteiger partial charge in [0.2, 0.25) is 0 Å². The van der Waals surface area contributed by atoms with Crippen LogP contribution in [0.2, 0.25) is 0 Å². The van der Waals surface area contributed by atoms with Gasteiger partial charge in [0.25, 0.3) is 0 Å². The van der Waals surface area contributed by atoms with Crippen molar-refractivity contribution in [3.05, 3.63) is 40.7 Å². The molecule has 1 N–H and O–H groups in total. The number of aromatic nitrogens is 3. The van der Waals surface area contributed by atoms with Crippen LogP contribution in [-0.2, 0) is 6.42 Å². The maximum atomic E-state index is 11.3. The molecule has 0 atom stereocenters. The van der Waals surface area contributed by atoms with Crippen LogP contribution in [0.15, 0.2) is 18.2 Å². The van der Waals surface area contributed by atoms with E-state index in [1.54, 1.807) is 4.68 Å². The molecule has 0 saturated carbocycles. The van der Waals surface area contributed by atoms with Crippen LogP contribution in [0.25, 0.3) is 5.69 Å². The molecular weight excluding hydrogens is 254 g/mol. The zero-order chi connectivity index (χ0) is 14.9. The molecule has 1 aromatic heterocycles. The molecule has 0 fully saturated rings. The molecular formula is C15H19N3O2. The average molecular weight is 273 g/mol. The highest BCUT2D eigenvalue weighted by Crippen LogP contribution is 2.21. The smallest absolute Gasteiger partial charge is 0.358 e. The van der Waals surface area contributed by atoms with E-state index in [1.165, 1.54) is 0 Å². The third-order valence-electron chi connectivity index (χ3n) is 3.37. The normalized spacial score (nSPS) is 11.1. The van der Waals surface area contributed by atoms with Gasteiger partial charge in [-0.05, 0) is 43.4 Å². The van der Waals surface area contributed by atoms with E-state index in [1.807, 2.05) is 45.9 Å². The van der Waals surface area contributed by atoms with Crippen molar-refractivity contribution in [1.82, 2.24) is 15.0 Å². The zero-order valence-corrected chi connectivity index (χ0v) is 12.2. The highest BCUT2D eigenvalue weighted by atomic mass is 16.4. The Bertz CT molecular complexity index is 645. The number of hydrogen-bond donors (Lipinski definition) is 1. The Labute approximate surface area is 118 Å². The monoisotopic (exact) mass is 273 g/mol. The first-order chi connectivity index (χ1) is 9.41. The molecule has 0 bridgehead atoms. The van der Waals surface area contributed by atoms with E-state index in [0.717, 1.165) is 16.8 Å². The molecule has 1 heterocycles. The lowest BCUT2D eigenvalue weighted by atomic mass is 10.0. The first-order valence-corrected chi connectivity index (χ1v) is 6.66. The lowest BCUT2D eigenvalue weighted by molar-refractivity contribution is 0.0689. The summed E-state index contributed by atoms with van der Waals surface area (Å²) in [7, 11) is 0. The van der Waals surface area contributed by atoms with Crippen LogP contribution in [0, 0.1) is 19.8 Å². The summed E-state index contributed by atoms with van der Waals surface area (Å²) in [5.74, 6) is -0.701. The molecule has 0 aliphatic carbocycles. The fourth-order valence-corrected chi connectivity index (χ4v) is 2.20. The SMILES string of the molecule is Cc1cccc(-n2nnc(C(=O)O)c2CC(C)C)c1C. The molecule has 106 valence electrons. The van der Waals surface area contributed by atoms with Crippen molar-refractivity contribution in [3.63, 3.8) is 0 Å². The summed E-state index contributed by atoms with van der Waals surface area (Å²) in [6.45, 7) is 8.13. The minimum absolute atomic E-state index is 0.0413. The summed E-state index contributed by atoms with van der Waals surface area (Å²) in [6.07, 6.45) is 0.627. The second-order valence-electron chi connectivity index (χ2n) is 5.42. The van der Waals surface area contributed by atoms with Gasteiger partial charge in [-0.2, -0.15) is 0 Å². The number of hydrogen-bond acceptors (Lipinski definition) is 3. The Hall–Kier alpha value is -2.17. The molecule has 0 spiro atoms. The third kappa shape index (κ3) is 2.57. The van der Waals surface area contributed by atoms with Crippen molar-refractivity contribution in [2.75, 3.05) is 0 Å². The molecule has 2 rings (SSSR count). The van der Waals surface area contributed by atoms with Crippen LogP contribution >= 0.6 is 0 Å². The Balaban J connectivity index is 2.62. The number of carboxylic acids is 1. The molecule has 2 aromatic rings. The van der Waals surface area contributed by atoms with Gasteiger partial charge in [0.1, 0.15) is 0 Å². The van der Waals surface area contributed by atoms with E-state index in [4.69, 9.17) is 0 Å². The highest BCUT2D eigenvalue weighted by molar-refractivity contribution is 5.86. The van der Waals surface area contributed by atoms with Gasteiger partial charge in [-0.3, -0.25) is 0 Å². The van der Waals surface area contributed by atoms with Crippen molar-refractivity contribution in [2.45, 2.75) is 34.1 Å². The van der Waals surface area contributed by atoms with Crippen LogP contribution in [0.1, 0.15) is 41.2 Å². The van der Waals surface area contributed by atoms with Crippen molar-refractivity contribution < 1.29 is 9.90 Å². The van der Waals surface area contributed by atoms with Gasteiger partial charge in [0.15, 0.2) is 5.69 Å². The minimum atomic E-state index is -1.03. The van der Waals surface area contributed by atoms with E-state index in [2.05, 4.69) is 10.3 Å². The Morgan fingerprint density at radius 3 is 2.65 bits per heavy atom. The molecule has 0 amide bonds. The van der Waals surface area contributed by atoms with Crippen molar-refractivity contribution in [3.8, 4) is 5.69 Å². The first-order valence-electron chi connectivity index (χ1n) is 6.66. The lowest BCUT2D eigenvalue weighted by Crippen LogP contribution is -2.11. The quantitative estimate of drug-likeness (QED) is 0.930. The van der Waals surface area contributed by atoms with Gasteiger partial charge in [0.05, 0.1) is 11.4 Å². The van der Waals surface area contributed by atoms with E-state index < -0.39 is 5.97 Å². The van der Waals surface area contributed by atoms with Crippen LogP contribution in [-0.4, -0.2) is 26.1 Å². The lowest BCUT2D eigenvalue weighted by Gasteiger charge is -2.12. The molecule has 0 saturated heterocycles. The van der Waals surface area contributed by atoms with E-state index in [0.29, 0.717) is 18.0 Å². The molecule has 0 unspecified atom stereocenters. The number of carboxylic acid groups (broad SMARTS) is 1. The van der Waals surface area contributed by atoms with Crippen LogP contribution < -0.4 is 0 Å². The van der Waals surface area contributed by atoms with Crippen molar-refractivity contribution in [1.29, 1.82) is 0 Å². The molecule has 0 aliphatic rings. The van der Waals surface area contributed by atoms with Crippen molar-refractivity contribution in [2.24, 2.45) is 5.92 Å². The van der Waals surface area contributed by atoms with Crippen LogP contribution in [0.3, 0.4) is 0 Å². The predicted molar refractivity (Wildman–Crippen MR) is 76.3 cm³/mol. The van der Waals surface area contributed by atoms with E-state index in [-0.39, 0.29) is 5.69 Å². The van der Waals surface area contributed by atoms with Gasteiger partial charge < -0.3 is 5.11 Å². The minimum Gasteiger partial charge on any atom is -0.476 e. The van der Waals surface area contributed by atoms with Crippen LogP contribution in [0.5, 0.6) is 0 Å². The van der Waals surface area contributed by atoms with Gasteiger partial charge in [-0.25, -0.2) is 9.48 Å². The number of rotatable bonds is 4. The maximum Gasteiger partial charge on any atom is 0.358 e. The largest absolute Gasteiger partial charge is 0.476 e. The average Bonchev–Trinajstić information content (AvgIpc) is 2.75. The summed E-state index contributed by atoms with van der Waals surface area (Å²) in [4.78, 5) is 11.3. The zero-order valence-electron chi connectivity index (χ0n) is 12.2. The van der Waals surface area contributed by atoms with Gasteiger partial charge in [-0.15, -0.1) is 5.10 Å². The molecule has 20 heavy (non-hydrogen) atoms. The van der Waals surface area contributed by atoms with Gasteiger partial charge in [-0.1, -0.05) is 31.2 Å². The topological polar surface area (TPSA) is 68.0 Å². The molecule has 5 heteroatoms. The van der Waals surface area contributed by atoms with Crippen LogP contribution in [0.4, 0.5) is 0 Å². The van der Waals surface area contributed by atoms with Gasteiger partial charge in [0, 0.05) is 0 Å².